The van der Waals surface area contributed by atoms with Crippen LogP contribution in [0.5, 0.6) is 0 Å². The van der Waals surface area contributed by atoms with Crippen molar-refractivity contribution in [3.05, 3.63) is 0 Å². The summed E-state index contributed by atoms with van der Waals surface area (Å²) >= 11 is 0. The van der Waals surface area contributed by atoms with Crippen molar-refractivity contribution >= 4 is 12.4 Å². The first-order chi connectivity index (χ1) is 7.11. The minimum Gasteiger partial charge on any atom is -0.395 e. The van der Waals surface area contributed by atoms with Gasteiger partial charge in [0, 0.05) is 6.54 Å². The largest absolute Gasteiger partial charge is 0.395 e. The van der Waals surface area contributed by atoms with Crippen molar-refractivity contribution in [2.45, 2.75) is 44.1 Å². The van der Waals surface area contributed by atoms with Crippen LogP contribution >= 0.6 is 12.4 Å². The van der Waals surface area contributed by atoms with E-state index < -0.39 is 24.4 Å². The Balaban J connectivity index is 0.00000225. The van der Waals surface area contributed by atoms with Crippen LogP contribution in [0.4, 0.5) is 0 Å². The third-order valence-corrected chi connectivity index (χ3v) is 3.01. The molecule has 0 bridgehead atoms. The van der Waals surface area contributed by atoms with E-state index in [0.29, 0.717) is 6.54 Å². The molecule has 0 aliphatic carbocycles. The second-order valence-corrected chi connectivity index (χ2v) is 4.15. The van der Waals surface area contributed by atoms with Gasteiger partial charge in [0.2, 0.25) is 0 Å². The fourth-order valence-electron chi connectivity index (χ4n) is 2.00. The maximum atomic E-state index is 9.67. The van der Waals surface area contributed by atoms with Crippen LogP contribution in [0.25, 0.3) is 0 Å². The molecule has 5 nitrogen and oxygen atoms in total. The molecule has 98 valence electrons. The highest BCUT2D eigenvalue weighted by molar-refractivity contribution is 5.85. The van der Waals surface area contributed by atoms with Gasteiger partial charge in [0.05, 0.1) is 18.8 Å². The summed E-state index contributed by atoms with van der Waals surface area (Å²) < 4.78 is 0. The van der Waals surface area contributed by atoms with Gasteiger partial charge < -0.3 is 20.4 Å². The van der Waals surface area contributed by atoms with E-state index in [4.69, 9.17) is 5.11 Å². The monoisotopic (exact) mass is 255 g/mol. The molecule has 1 rings (SSSR count). The van der Waals surface area contributed by atoms with Gasteiger partial charge in [-0.05, 0) is 13.0 Å². The molecule has 0 unspecified atom stereocenters. The predicted molar refractivity (Wildman–Crippen MR) is 62.6 cm³/mol. The molecule has 0 radical (unpaired) electrons. The molecule has 1 aliphatic heterocycles. The summed E-state index contributed by atoms with van der Waals surface area (Å²) in [6, 6.07) is -0.463. The molecule has 0 aromatic heterocycles. The summed E-state index contributed by atoms with van der Waals surface area (Å²) in [5.74, 6) is 0. The summed E-state index contributed by atoms with van der Waals surface area (Å²) in [4.78, 5) is 1.84. The van der Waals surface area contributed by atoms with Gasteiger partial charge in [-0.2, -0.15) is 0 Å². The lowest BCUT2D eigenvalue weighted by Crippen LogP contribution is -2.62. The summed E-state index contributed by atoms with van der Waals surface area (Å²) in [5, 5.41) is 37.8. The first kappa shape index (κ1) is 16.1. The molecule has 6 heteroatoms. The molecular formula is C10H22ClNO4. The molecule has 0 saturated carbocycles. The van der Waals surface area contributed by atoms with Crippen LogP contribution in [-0.2, 0) is 0 Å². The Kier molecular flexibility index (Phi) is 7.46. The Morgan fingerprint density at radius 2 is 1.81 bits per heavy atom. The molecule has 16 heavy (non-hydrogen) atoms. The average Bonchev–Trinajstić information content (AvgIpc) is 2.23. The first-order valence-electron chi connectivity index (χ1n) is 5.51. The maximum absolute atomic E-state index is 9.67. The Morgan fingerprint density at radius 1 is 1.19 bits per heavy atom. The van der Waals surface area contributed by atoms with E-state index in [1.165, 1.54) is 0 Å². The summed E-state index contributed by atoms with van der Waals surface area (Å²) in [7, 11) is 0. The topological polar surface area (TPSA) is 84.2 Å². The Labute approximate surface area is 102 Å². The highest BCUT2D eigenvalue weighted by Crippen LogP contribution is 2.19. The van der Waals surface area contributed by atoms with Crippen LogP contribution in [0, 0.1) is 0 Å². The number of halogens is 1. The average molecular weight is 256 g/mol. The number of nitrogens with zero attached hydrogens (tertiary/aromatic N) is 1. The third kappa shape index (κ3) is 3.55. The van der Waals surface area contributed by atoms with Gasteiger partial charge in [-0.25, -0.2) is 0 Å². The van der Waals surface area contributed by atoms with E-state index in [1.807, 2.05) is 4.90 Å². The fraction of sp³-hybridized carbons (Fsp3) is 1.00. The predicted octanol–water partition coefficient (Wildman–Crippen LogP) is -1.03. The molecule has 0 spiro atoms. The van der Waals surface area contributed by atoms with E-state index >= 15 is 0 Å². The standard InChI is InChI=1S/C10H21NO4.ClH/c1-2-3-4-11-5-8(13)10(15)9(14)7(11)6-12;/h7-10,12-15H,2-6H2,1H3;1H/t7-,8+,9-,10-;/m0./s1. The minimum absolute atomic E-state index is 0. The number of aliphatic hydroxyl groups excluding tert-OH is 4. The summed E-state index contributed by atoms with van der Waals surface area (Å²) in [6.07, 6.45) is -1.19. The van der Waals surface area contributed by atoms with E-state index in [-0.39, 0.29) is 19.0 Å². The second kappa shape index (κ2) is 7.42. The van der Waals surface area contributed by atoms with Crippen LogP contribution in [0.1, 0.15) is 19.8 Å². The second-order valence-electron chi connectivity index (χ2n) is 4.15. The van der Waals surface area contributed by atoms with Crippen molar-refractivity contribution < 1.29 is 20.4 Å². The normalized spacial score (nSPS) is 35.8. The van der Waals surface area contributed by atoms with Crippen molar-refractivity contribution in [1.82, 2.24) is 4.90 Å². The van der Waals surface area contributed by atoms with Gasteiger partial charge in [0.15, 0.2) is 0 Å². The first-order valence-corrected chi connectivity index (χ1v) is 5.51. The lowest BCUT2D eigenvalue weighted by atomic mass is 9.94. The molecule has 0 amide bonds. The van der Waals surface area contributed by atoms with Gasteiger partial charge in [-0.3, -0.25) is 4.90 Å². The van der Waals surface area contributed by atoms with Gasteiger partial charge in [0.1, 0.15) is 12.2 Å². The zero-order valence-electron chi connectivity index (χ0n) is 9.49. The Morgan fingerprint density at radius 3 is 2.31 bits per heavy atom. The minimum atomic E-state index is -1.15. The number of β-amino-alcohol motifs (C(OH)–C–C–N with tert-alkyl or cyclic N) is 1. The van der Waals surface area contributed by atoms with E-state index in [9.17, 15) is 15.3 Å². The number of hydrogen-bond acceptors (Lipinski definition) is 5. The summed E-state index contributed by atoms with van der Waals surface area (Å²) in [6.45, 7) is 2.89. The number of unbranched alkanes of at least 4 members (excludes halogenated alkanes) is 1. The number of aliphatic hydroxyl groups is 4. The summed E-state index contributed by atoms with van der Waals surface area (Å²) in [5.41, 5.74) is 0. The van der Waals surface area contributed by atoms with E-state index in [1.54, 1.807) is 0 Å². The lowest BCUT2D eigenvalue weighted by molar-refractivity contribution is -0.145. The lowest BCUT2D eigenvalue weighted by Gasteiger charge is -2.43. The van der Waals surface area contributed by atoms with E-state index in [2.05, 4.69) is 6.92 Å². The van der Waals surface area contributed by atoms with Crippen molar-refractivity contribution in [2.24, 2.45) is 0 Å². The molecular weight excluding hydrogens is 234 g/mol. The third-order valence-electron chi connectivity index (χ3n) is 3.01. The highest BCUT2D eigenvalue weighted by Gasteiger charge is 2.40. The fourth-order valence-corrected chi connectivity index (χ4v) is 2.00. The van der Waals surface area contributed by atoms with Gasteiger partial charge in [-0.15, -0.1) is 12.4 Å². The quantitative estimate of drug-likeness (QED) is 0.516. The maximum Gasteiger partial charge on any atom is 0.109 e. The zero-order valence-corrected chi connectivity index (χ0v) is 10.3. The smallest absolute Gasteiger partial charge is 0.109 e. The molecule has 4 N–H and O–H groups in total. The number of rotatable bonds is 4. The van der Waals surface area contributed by atoms with Gasteiger partial charge >= 0.3 is 0 Å². The molecule has 1 heterocycles. The number of piperidine rings is 1. The SMILES string of the molecule is CCCCN1C[C@@H](O)[C@H](O)[C@@H](O)[C@@H]1CO.Cl. The molecule has 1 saturated heterocycles. The van der Waals surface area contributed by atoms with Gasteiger partial charge in [-0.1, -0.05) is 13.3 Å². The highest BCUT2D eigenvalue weighted by atomic mass is 35.5. The molecule has 0 aromatic carbocycles. The van der Waals surface area contributed by atoms with Crippen LogP contribution in [0.3, 0.4) is 0 Å². The van der Waals surface area contributed by atoms with Crippen molar-refractivity contribution in [2.75, 3.05) is 19.7 Å². The van der Waals surface area contributed by atoms with Crippen LogP contribution < -0.4 is 0 Å². The van der Waals surface area contributed by atoms with E-state index in [0.717, 1.165) is 19.4 Å². The van der Waals surface area contributed by atoms with Crippen molar-refractivity contribution in [3.8, 4) is 0 Å². The van der Waals surface area contributed by atoms with Crippen LogP contribution in [0.15, 0.2) is 0 Å². The molecule has 4 atom stereocenters. The Hall–Kier alpha value is 0.0900. The zero-order chi connectivity index (χ0) is 11.4. The molecule has 0 aromatic rings. The van der Waals surface area contributed by atoms with Crippen molar-refractivity contribution in [1.29, 1.82) is 0 Å². The van der Waals surface area contributed by atoms with Crippen LogP contribution in [-0.4, -0.2) is 69.4 Å². The molecule has 1 fully saturated rings. The van der Waals surface area contributed by atoms with Gasteiger partial charge in [0.25, 0.3) is 0 Å². The van der Waals surface area contributed by atoms with Crippen molar-refractivity contribution in [3.63, 3.8) is 0 Å². The number of hydrogen-bond donors (Lipinski definition) is 4. The van der Waals surface area contributed by atoms with Crippen LogP contribution in [0.2, 0.25) is 0 Å². The Bertz CT molecular complexity index is 196. The molecule has 1 aliphatic rings. The number of likely N-dealkylation sites (tertiary alicyclic amines) is 1.